The van der Waals surface area contributed by atoms with Gasteiger partial charge in [0.05, 0.1) is 6.26 Å². The standard InChI is InChI=1S/C14H13IN2O2S/c1-8-7-11(9(2)6-10(8)15)16-14(20)17-13(18)12-4-3-5-19-12/h3-7H,1-2H3,(H2,16,17,18,20). The number of hydrogen-bond acceptors (Lipinski definition) is 3. The summed E-state index contributed by atoms with van der Waals surface area (Å²) in [5, 5.41) is 5.85. The van der Waals surface area contributed by atoms with Crippen LogP contribution in [0.5, 0.6) is 0 Å². The van der Waals surface area contributed by atoms with E-state index in [0.29, 0.717) is 0 Å². The van der Waals surface area contributed by atoms with Gasteiger partial charge in [-0.2, -0.15) is 0 Å². The Morgan fingerprint density at radius 2 is 2.05 bits per heavy atom. The molecule has 0 saturated heterocycles. The predicted octanol–water partition coefficient (Wildman–Crippen LogP) is 3.63. The lowest BCUT2D eigenvalue weighted by molar-refractivity contribution is 0.0950. The van der Waals surface area contributed by atoms with Crippen LogP contribution < -0.4 is 10.6 Å². The number of aryl methyl sites for hydroxylation is 2. The molecular weight excluding hydrogens is 387 g/mol. The molecular formula is C14H13IN2O2S. The van der Waals surface area contributed by atoms with Gasteiger partial charge >= 0.3 is 0 Å². The molecule has 1 heterocycles. The van der Waals surface area contributed by atoms with Crippen LogP contribution in [0, 0.1) is 17.4 Å². The smallest absolute Gasteiger partial charge is 0.293 e. The number of carbonyl (C=O) groups excluding carboxylic acids is 1. The number of amides is 1. The molecule has 0 radical (unpaired) electrons. The van der Waals surface area contributed by atoms with Crippen LogP contribution in [0.3, 0.4) is 0 Å². The van der Waals surface area contributed by atoms with E-state index in [1.807, 2.05) is 19.9 Å². The van der Waals surface area contributed by atoms with Gasteiger partial charge in [-0.05, 0) is 84.0 Å². The number of hydrogen-bond donors (Lipinski definition) is 2. The molecule has 0 aliphatic heterocycles. The molecule has 0 aliphatic rings. The molecule has 6 heteroatoms. The maximum atomic E-state index is 11.8. The van der Waals surface area contributed by atoms with E-state index in [1.54, 1.807) is 12.1 Å². The van der Waals surface area contributed by atoms with Gasteiger partial charge in [-0.15, -0.1) is 0 Å². The zero-order valence-corrected chi connectivity index (χ0v) is 14.0. The normalized spacial score (nSPS) is 10.2. The lowest BCUT2D eigenvalue weighted by atomic mass is 10.1. The number of anilines is 1. The Kier molecular flexibility index (Phi) is 4.77. The maximum Gasteiger partial charge on any atom is 0.293 e. The van der Waals surface area contributed by atoms with Crippen LogP contribution in [-0.2, 0) is 0 Å². The van der Waals surface area contributed by atoms with Crippen LogP contribution in [-0.4, -0.2) is 11.0 Å². The minimum atomic E-state index is -0.368. The van der Waals surface area contributed by atoms with E-state index in [2.05, 4.69) is 39.3 Å². The summed E-state index contributed by atoms with van der Waals surface area (Å²) in [6, 6.07) is 7.30. The predicted molar refractivity (Wildman–Crippen MR) is 91.0 cm³/mol. The Labute approximate surface area is 136 Å². The third-order valence-electron chi connectivity index (χ3n) is 2.73. The molecule has 0 bridgehead atoms. The van der Waals surface area contributed by atoms with Crippen molar-refractivity contribution >= 4 is 51.5 Å². The third kappa shape index (κ3) is 3.57. The Morgan fingerprint density at radius 1 is 1.30 bits per heavy atom. The molecule has 0 aliphatic carbocycles. The highest BCUT2D eigenvalue weighted by atomic mass is 127. The van der Waals surface area contributed by atoms with Crippen molar-refractivity contribution in [1.29, 1.82) is 0 Å². The number of benzene rings is 1. The molecule has 2 rings (SSSR count). The number of nitrogens with one attached hydrogen (secondary N) is 2. The topological polar surface area (TPSA) is 54.3 Å². The van der Waals surface area contributed by atoms with Gasteiger partial charge in [-0.3, -0.25) is 10.1 Å². The van der Waals surface area contributed by atoms with Gasteiger partial charge in [0, 0.05) is 9.26 Å². The second-order valence-corrected chi connectivity index (χ2v) is 5.87. The molecule has 20 heavy (non-hydrogen) atoms. The van der Waals surface area contributed by atoms with Crippen molar-refractivity contribution < 1.29 is 9.21 Å². The van der Waals surface area contributed by atoms with Crippen LogP contribution in [0.1, 0.15) is 21.7 Å². The van der Waals surface area contributed by atoms with Gasteiger partial charge in [0.1, 0.15) is 0 Å². The Balaban J connectivity index is 2.05. The van der Waals surface area contributed by atoms with Gasteiger partial charge in [0.2, 0.25) is 0 Å². The van der Waals surface area contributed by atoms with Crippen LogP contribution in [0.2, 0.25) is 0 Å². The molecule has 1 amide bonds. The van der Waals surface area contributed by atoms with Crippen molar-refractivity contribution in [3.05, 3.63) is 51.0 Å². The summed E-state index contributed by atoms with van der Waals surface area (Å²) >= 11 is 7.42. The SMILES string of the molecule is Cc1cc(NC(=S)NC(=O)c2ccco2)c(C)cc1I. The van der Waals surface area contributed by atoms with E-state index in [9.17, 15) is 4.79 Å². The molecule has 0 fully saturated rings. The van der Waals surface area contributed by atoms with Crippen molar-refractivity contribution in [2.24, 2.45) is 0 Å². The highest BCUT2D eigenvalue weighted by Gasteiger charge is 2.11. The second-order valence-electron chi connectivity index (χ2n) is 4.30. The molecule has 0 spiro atoms. The van der Waals surface area contributed by atoms with Gasteiger partial charge in [0.15, 0.2) is 10.9 Å². The monoisotopic (exact) mass is 400 g/mol. The van der Waals surface area contributed by atoms with E-state index in [0.717, 1.165) is 16.8 Å². The van der Waals surface area contributed by atoms with E-state index in [-0.39, 0.29) is 16.8 Å². The fraction of sp³-hybridized carbons (Fsp3) is 0.143. The summed E-state index contributed by atoms with van der Waals surface area (Å²) in [5.41, 5.74) is 3.10. The van der Waals surface area contributed by atoms with E-state index >= 15 is 0 Å². The first-order valence-corrected chi connectivity index (χ1v) is 7.38. The van der Waals surface area contributed by atoms with E-state index < -0.39 is 0 Å². The lowest BCUT2D eigenvalue weighted by Gasteiger charge is -2.12. The lowest BCUT2D eigenvalue weighted by Crippen LogP contribution is -2.34. The number of rotatable bonds is 2. The molecule has 0 unspecified atom stereocenters. The van der Waals surface area contributed by atoms with Crippen LogP contribution in [0.4, 0.5) is 5.69 Å². The van der Waals surface area contributed by atoms with E-state index in [4.69, 9.17) is 16.6 Å². The summed E-state index contributed by atoms with van der Waals surface area (Å²) in [5.74, 6) is -0.142. The first kappa shape index (κ1) is 15.0. The minimum absolute atomic E-state index is 0.227. The average Bonchev–Trinajstić information content (AvgIpc) is 2.89. The summed E-state index contributed by atoms with van der Waals surface area (Å²) < 4.78 is 6.20. The van der Waals surface area contributed by atoms with Crippen molar-refractivity contribution in [2.45, 2.75) is 13.8 Å². The highest BCUT2D eigenvalue weighted by molar-refractivity contribution is 14.1. The molecule has 2 N–H and O–H groups in total. The molecule has 4 nitrogen and oxygen atoms in total. The first-order chi connectivity index (χ1) is 9.47. The van der Waals surface area contributed by atoms with Gasteiger partial charge in [0.25, 0.3) is 5.91 Å². The van der Waals surface area contributed by atoms with Gasteiger partial charge in [-0.1, -0.05) is 0 Å². The zero-order valence-electron chi connectivity index (χ0n) is 11.0. The van der Waals surface area contributed by atoms with E-state index in [1.165, 1.54) is 9.83 Å². The highest BCUT2D eigenvalue weighted by Crippen LogP contribution is 2.21. The van der Waals surface area contributed by atoms with Crippen molar-refractivity contribution in [3.8, 4) is 0 Å². The summed E-state index contributed by atoms with van der Waals surface area (Å²) in [7, 11) is 0. The summed E-state index contributed by atoms with van der Waals surface area (Å²) in [4.78, 5) is 11.8. The summed E-state index contributed by atoms with van der Waals surface area (Å²) in [6.45, 7) is 4.01. The van der Waals surface area contributed by atoms with Crippen molar-refractivity contribution in [1.82, 2.24) is 5.32 Å². The number of halogens is 1. The summed E-state index contributed by atoms with van der Waals surface area (Å²) in [6.07, 6.45) is 1.44. The Morgan fingerprint density at radius 3 is 2.70 bits per heavy atom. The average molecular weight is 400 g/mol. The van der Waals surface area contributed by atoms with Gasteiger partial charge in [-0.25, -0.2) is 0 Å². The van der Waals surface area contributed by atoms with Crippen LogP contribution >= 0.6 is 34.8 Å². The van der Waals surface area contributed by atoms with Crippen molar-refractivity contribution in [2.75, 3.05) is 5.32 Å². The first-order valence-electron chi connectivity index (χ1n) is 5.90. The zero-order chi connectivity index (χ0) is 14.7. The number of carbonyl (C=O) groups is 1. The second kappa shape index (κ2) is 6.36. The molecule has 104 valence electrons. The molecule has 1 aromatic heterocycles. The van der Waals surface area contributed by atoms with Gasteiger partial charge < -0.3 is 9.73 Å². The molecule has 0 atom stereocenters. The molecule has 2 aromatic rings. The minimum Gasteiger partial charge on any atom is -0.459 e. The van der Waals surface area contributed by atoms with Crippen LogP contribution in [0.15, 0.2) is 34.9 Å². The molecule has 0 saturated carbocycles. The molecule has 1 aromatic carbocycles. The fourth-order valence-corrected chi connectivity index (χ4v) is 2.47. The Hall–Kier alpha value is -1.41. The Bertz CT molecular complexity index is 653. The van der Waals surface area contributed by atoms with Crippen LogP contribution in [0.25, 0.3) is 0 Å². The number of furan rings is 1. The fourth-order valence-electron chi connectivity index (χ4n) is 1.64. The maximum absolute atomic E-state index is 11.8. The third-order valence-corrected chi connectivity index (χ3v) is 4.09. The number of thiocarbonyl (C=S) groups is 1. The largest absolute Gasteiger partial charge is 0.459 e. The quantitative estimate of drug-likeness (QED) is 0.597. The van der Waals surface area contributed by atoms with Crippen molar-refractivity contribution in [3.63, 3.8) is 0 Å².